The summed E-state index contributed by atoms with van der Waals surface area (Å²) in [6, 6.07) is 11.0. The summed E-state index contributed by atoms with van der Waals surface area (Å²) in [7, 11) is 0. The molecular formula is C26H29F3O2. The lowest BCUT2D eigenvalue weighted by atomic mass is 9.53. The van der Waals surface area contributed by atoms with Crippen molar-refractivity contribution in [1.29, 1.82) is 0 Å². The summed E-state index contributed by atoms with van der Waals surface area (Å²) in [6.45, 7) is 2.21. The monoisotopic (exact) mass is 430 g/mol. The van der Waals surface area contributed by atoms with E-state index < -0.39 is 17.3 Å². The Kier molecular flexibility index (Phi) is 4.71. The minimum Gasteiger partial charge on any atom is -0.508 e. The SMILES string of the molecule is C[C@]12CC[C@@H]3c4ccc(O)cc4CC[C@H]3[C@@H]1CC[C@@]2(O)Cc1ccc(C(F)(F)F)cc1. The minimum absolute atomic E-state index is 0.231. The van der Waals surface area contributed by atoms with Gasteiger partial charge in [-0.15, -0.1) is 0 Å². The van der Waals surface area contributed by atoms with Crippen LogP contribution in [0.4, 0.5) is 13.2 Å². The second-order valence-corrected chi connectivity index (χ2v) is 10.2. The van der Waals surface area contributed by atoms with Crippen molar-refractivity contribution < 1.29 is 23.4 Å². The number of hydrogen-bond donors (Lipinski definition) is 2. The number of alkyl halides is 3. The number of aromatic hydroxyl groups is 1. The molecule has 166 valence electrons. The van der Waals surface area contributed by atoms with E-state index in [1.54, 1.807) is 6.07 Å². The Bertz CT molecular complexity index is 983. The summed E-state index contributed by atoms with van der Waals surface area (Å²) >= 11 is 0. The fourth-order valence-electron chi connectivity index (χ4n) is 7.12. The topological polar surface area (TPSA) is 40.5 Å². The summed E-state index contributed by atoms with van der Waals surface area (Å²) in [5, 5.41) is 21.6. The third kappa shape index (κ3) is 3.27. The second-order valence-electron chi connectivity index (χ2n) is 10.2. The van der Waals surface area contributed by atoms with Crippen LogP contribution in [0, 0.1) is 17.3 Å². The summed E-state index contributed by atoms with van der Waals surface area (Å²) in [4.78, 5) is 0. The van der Waals surface area contributed by atoms with Gasteiger partial charge in [0.2, 0.25) is 0 Å². The van der Waals surface area contributed by atoms with Gasteiger partial charge in [0.05, 0.1) is 11.2 Å². The average Bonchev–Trinajstić information content (AvgIpc) is 2.98. The molecule has 31 heavy (non-hydrogen) atoms. The Morgan fingerprint density at radius 1 is 1.00 bits per heavy atom. The first-order valence-corrected chi connectivity index (χ1v) is 11.3. The van der Waals surface area contributed by atoms with Gasteiger partial charge in [0, 0.05) is 6.42 Å². The van der Waals surface area contributed by atoms with Crippen LogP contribution in [0.5, 0.6) is 5.75 Å². The summed E-state index contributed by atoms with van der Waals surface area (Å²) in [5.74, 6) is 1.71. The van der Waals surface area contributed by atoms with Crippen molar-refractivity contribution in [3.63, 3.8) is 0 Å². The van der Waals surface area contributed by atoms with Gasteiger partial charge in [0.1, 0.15) is 5.75 Å². The molecule has 0 heterocycles. The first kappa shape index (κ1) is 20.9. The van der Waals surface area contributed by atoms with Crippen LogP contribution in [0.15, 0.2) is 42.5 Å². The van der Waals surface area contributed by atoms with E-state index in [1.807, 2.05) is 6.07 Å². The van der Waals surface area contributed by atoms with Crippen molar-refractivity contribution in [3.8, 4) is 5.75 Å². The first-order chi connectivity index (χ1) is 14.6. The maximum absolute atomic E-state index is 12.9. The van der Waals surface area contributed by atoms with Gasteiger partial charge in [-0.25, -0.2) is 0 Å². The molecule has 0 spiro atoms. The third-order valence-electron chi connectivity index (χ3n) is 8.81. The summed E-state index contributed by atoms with van der Waals surface area (Å²) < 4.78 is 38.7. The first-order valence-electron chi connectivity index (χ1n) is 11.3. The summed E-state index contributed by atoms with van der Waals surface area (Å²) in [5.41, 5.74) is 1.61. The molecule has 2 saturated carbocycles. The molecule has 0 amide bonds. The van der Waals surface area contributed by atoms with E-state index in [4.69, 9.17) is 0 Å². The zero-order valence-electron chi connectivity index (χ0n) is 17.8. The highest BCUT2D eigenvalue weighted by atomic mass is 19.4. The highest BCUT2D eigenvalue weighted by molar-refractivity contribution is 5.40. The van der Waals surface area contributed by atoms with Gasteiger partial charge in [-0.2, -0.15) is 13.2 Å². The Hall–Kier alpha value is -2.01. The van der Waals surface area contributed by atoms with Gasteiger partial charge in [0.25, 0.3) is 0 Å². The predicted octanol–water partition coefficient (Wildman–Crippen LogP) is 6.24. The van der Waals surface area contributed by atoms with E-state index in [9.17, 15) is 23.4 Å². The molecule has 2 aromatic rings. The number of aryl methyl sites for hydroxylation is 1. The lowest BCUT2D eigenvalue weighted by Crippen LogP contribution is -2.51. The van der Waals surface area contributed by atoms with Crippen molar-refractivity contribution in [2.45, 2.75) is 69.6 Å². The van der Waals surface area contributed by atoms with E-state index in [0.717, 1.165) is 49.8 Å². The normalized spacial score (nSPS) is 34.7. The molecule has 2 fully saturated rings. The number of fused-ring (bicyclic) bond motifs is 5. The van der Waals surface area contributed by atoms with E-state index in [2.05, 4.69) is 13.0 Å². The van der Waals surface area contributed by atoms with Gasteiger partial charge in [-0.3, -0.25) is 0 Å². The highest BCUT2D eigenvalue weighted by Gasteiger charge is 2.61. The Morgan fingerprint density at radius 3 is 2.45 bits per heavy atom. The lowest BCUT2D eigenvalue weighted by molar-refractivity contribution is -0.137. The largest absolute Gasteiger partial charge is 0.508 e. The molecule has 3 aliphatic rings. The maximum Gasteiger partial charge on any atom is 0.416 e. The number of halogens is 3. The number of rotatable bonds is 2. The standard InChI is InChI=1S/C26H29F3O2/c1-24-12-10-21-20-9-7-19(30)14-17(20)4-8-22(21)23(24)11-13-25(24,31)15-16-2-5-18(6-3-16)26(27,28)29/h2-3,5-7,9,14,21-23,30-31H,4,8,10-13,15H2,1H3/t21-,22-,23+,24+,25-/m1/s1. The van der Waals surface area contributed by atoms with E-state index in [-0.39, 0.29) is 5.41 Å². The van der Waals surface area contributed by atoms with Crippen molar-refractivity contribution >= 4 is 0 Å². The molecule has 2 nitrogen and oxygen atoms in total. The van der Waals surface area contributed by atoms with Gasteiger partial charge in [0.15, 0.2) is 0 Å². The molecule has 0 radical (unpaired) electrons. The van der Waals surface area contributed by atoms with E-state index >= 15 is 0 Å². The Morgan fingerprint density at radius 2 is 1.74 bits per heavy atom. The molecule has 5 atom stereocenters. The lowest BCUT2D eigenvalue weighted by Gasteiger charge is -2.53. The van der Waals surface area contributed by atoms with Crippen LogP contribution >= 0.6 is 0 Å². The van der Waals surface area contributed by atoms with E-state index in [1.165, 1.54) is 23.3 Å². The number of phenols is 1. The molecule has 2 N–H and O–H groups in total. The molecule has 3 aliphatic carbocycles. The second kappa shape index (κ2) is 6.99. The molecule has 0 unspecified atom stereocenters. The molecule has 2 aromatic carbocycles. The molecular weight excluding hydrogens is 401 g/mol. The predicted molar refractivity (Wildman–Crippen MR) is 113 cm³/mol. The fourth-order valence-corrected chi connectivity index (χ4v) is 7.12. The third-order valence-corrected chi connectivity index (χ3v) is 8.81. The van der Waals surface area contributed by atoms with Gasteiger partial charge in [-0.05, 0) is 103 Å². The van der Waals surface area contributed by atoms with Crippen molar-refractivity contribution in [3.05, 3.63) is 64.7 Å². The zero-order valence-corrected chi connectivity index (χ0v) is 17.8. The smallest absolute Gasteiger partial charge is 0.416 e. The van der Waals surface area contributed by atoms with Gasteiger partial charge < -0.3 is 10.2 Å². The molecule has 0 aliphatic heterocycles. The maximum atomic E-state index is 12.9. The molecule has 5 heteroatoms. The molecule has 0 saturated heterocycles. The molecule has 0 bridgehead atoms. The van der Waals surface area contributed by atoms with E-state index in [0.29, 0.717) is 36.3 Å². The van der Waals surface area contributed by atoms with Crippen LogP contribution in [0.2, 0.25) is 0 Å². The molecule has 5 rings (SSSR count). The molecule has 0 aromatic heterocycles. The minimum atomic E-state index is -4.34. The zero-order chi connectivity index (χ0) is 22.0. The number of aliphatic hydroxyl groups is 1. The average molecular weight is 431 g/mol. The van der Waals surface area contributed by atoms with Crippen molar-refractivity contribution in [2.75, 3.05) is 0 Å². The van der Waals surface area contributed by atoms with Crippen LogP contribution in [-0.2, 0) is 19.0 Å². The van der Waals surface area contributed by atoms with Crippen LogP contribution in [0.1, 0.15) is 67.2 Å². The number of benzene rings is 2. The Labute approximate surface area is 181 Å². The van der Waals surface area contributed by atoms with Gasteiger partial charge >= 0.3 is 6.18 Å². The van der Waals surface area contributed by atoms with Crippen LogP contribution in [-0.4, -0.2) is 15.8 Å². The number of hydrogen-bond acceptors (Lipinski definition) is 2. The van der Waals surface area contributed by atoms with Crippen LogP contribution < -0.4 is 0 Å². The van der Waals surface area contributed by atoms with Crippen LogP contribution in [0.3, 0.4) is 0 Å². The number of phenolic OH excluding ortho intramolecular Hbond substituents is 1. The summed E-state index contributed by atoms with van der Waals surface area (Å²) in [6.07, 6.45) is 1.66. The Balaban J connectivity index is 1.39. The fraction of sp³-hybridized carbons (Fsp3) is 0.538. The van der Waals surface area contributed by atoms with Gasteiger partial charge in [-0.1, -0.05) is 25.1 Å². The highest BCUT2D eigenvalue weighted by Crippen LogP contribution is 2.64. The van der Waals surface area contributed by atoms with Crippen molar-refractivity contribution in [2.24, 2.45) is 17.3 Å². The van der Waals surface area contributed by atoms with Crippen LogP contribution in [0.25, 0.3) is 0 Å². The quantitative estimate of drug-likeness (QED) is 0.592. The van der Waals surface area contributed by atoms with Crippen molar-refractivity contribution in [1.82, 2.24) is 0 Å².